The van der Waals surface area contributed by atoms with Crippen LogP contribution in [-0.4, -0.2) is 33.9 Å². The van der Waals surface area contributed by atoms with Crippen LogP contribution < -0.4 is 5.32 Å². The highest BCUT2D eigenvalue weighted by Crippen LogP contribution is 2.32. The maximum absolute atomic E-state index is 12.4. The lowest BCUT2D eigenvalue weighted by atomic mass is 10.1. The molecule has 35 heavy (non-hydrogen) atoms. The summed E-state index contributed by atoms with van der Waals surface area (Å²) >= 11 is 6.14. The van der Waals surface area contributed by atoms with Gasteiger partial charge in [-0.2, -0.15) is 0 Å². The van der Waals surface area contributed by atoms with Crippen molar-refractivity contribution in [2.75, 3.05) is 11.9 Å². The molecule has 2 aromatic carbocycles. The predicted octanol–water partition coefficient (Wildman–Crippen LogP) is 5.78. The zero-order valence-corrected chi connectivity index (χ0v) is 19.6. The van der Waals surface area contributed by atoms with Gasteiger partial charge < -0.3 is 14.4 Å². The molecule has 0 bridgehead atoms. The second-order valence-corrected chi connectivity index (χ2v) is 8.18. The summed E-state index contributed by atoms with van der Waals surface area (Å²) in [6.45, 7) is 1.89. The van der Waals surface area contributed by atoms with Crippen molar-refractivity contribution in [3.8, 4) is 22.6 Å². The van der Waals surface area contributed by atoms with Gasteiger partial charge in [0.1, 0.15) is 11.4 Å². The summed E-state index contributed by atoms with van der Waals surface area (Å²) in [4.78, 5) is 27.5. The first-order chi connectivity index (χ1) is 16.9. The van der Waals surface area contributed by atoms with E-state index < -0.39 is 12.1 Å². The number of rotatable bonds is 8. The zero-order valence-electron chi connectivity index (χ0n) is 18.8. The van der Waals surface area contributed by atoms with E-state index >= 15 is 0 Å². The van der Waals surface area contributed by atoms with Crippen LogP contribution in [0.3, 0.4) is 0 Å². The smallest absolute Gasteiger partial charge is 0.411 e. The standard InChI is InChI=1S/C26H22ClN3O5/c1-16-24(29-26(33)34-13-12-18-4-2-3-5-21(18)27)25(35-30-16)20-9-7-19(8-10-20)22-11-6-17(15-28-22)14-23(31)32/h2-11,15H,12-14H2,1H3,(H,29,33)(H,31,32). The first kappa shape index (κ1) is 24.0. The van der Waals surface area contributed by atoms with E-state index in [0.717, 1.165) is 11.1 Å². The van der Waals surface area contributed by atoms with Crippen molar-refractivity contribution >= 4 is 29.4 Å². The molecule has 8 nitrogen and oxygen atoms in total. The number of aromatic nitrogens is 2. The quantitative estimate of drug-likeness (QED) is 0.321. The number of anilines is 1. The summed E-state index contributed by atoms with van der Waals surface area (Å²) in [5.74, 6) is -0.498. The number of nitrogens with zero attached hydrogens (tertiary/aromatic N) is 2. The van der Waals surface area contributed by atoms with E-state index in [0.29, 0.717) is 45.4 Å². The molecule has 0 saturated carbocycles. The number of hydrogen-bond acceptors (Lipinski definition) is 6. The van der Waals surface area contributed by atoms with Gasteiger partial charge in [0.05, 0.1) is 18.7 Å². The normalized spacial score (nSPS) is 10.7. The molecule has 0 aliphatic heterocycles. The van der Waals surface area contributed by atoms with Crippen LogP contribution in [0.5, 0.6) is 0 Å². The zero-order chi connectivity index (χ0) is 24.8. The second-order valence-electron chi connectivity index (χ2n) is 7.77. The summed E-state index contributed by atoms with van der Waals surface area (Å²) in [6.07, 6.45) is 1.35. The predicted molar refractivity (Wildman–Crippen MR) is 131 cm³/mol. The maximum atomic E-state index is 12.4. The van der Waals surface area contributed by atoms with Gasteiger partial charge in [-0.05, 0) is 30.2 Å². The van der Waals surface area contributed by atoms with E-state index in [9.17, 15) is 9.59 Å². The fourth-order valence-electron chi connectivity index (χ4n) is 3.47. The van der Waals surface area contributed by atoms with Crippen LogP contribution >= 0.6 is 11.6 Å². The van der Waals surface area contributed by atoms with Crippen LogP contribution in [0.2, 0.25) is 5.02 Å². The van der Waals surface area contributed by atoms with E-state index in [1.807, 2.05) is 42.5 Å². The van der Waals surface area contributed by atoms with Gasteiger partial charge in [-0.15, -0.1) is 0 Å². The van der Waals surface area contributed by atoms with Crippen molar-refractivity contribution in [3.63, 3.8) is 0 Å². The molecule has 0 radical (unpaired) electrons. The van der Waals surface area contributed by atoms with Gasteiger partial charge in [-0.25, -0.2) is 4.79 Å². The van der Waals surface area contributed by atoms with E-state index in [2.05, 4.69) is 15.5 Å². The summed E-state index contributed by atoms with van der Waals surface area (Å²) in [7, 11) is 0. The molecule has 0 aliphatic rings. The van der Waals surface area contributed by atoms with Crippen molar-refractivity contribution in [2.24, 2.45) is 0 Å². The Hall–Kier alpha value is -4.17. The van der Waals surface area contributed by atoms with Gasteiger partial charge in [0.15, 0.2) is 5.76 Å². The molecule has 0 spiro atoms. The van der Waals surface area contributed by atoms with Gasteiger partial charge in [0.25, 0.3) is 0 Å². The lowest BCUT2D eigenvalue weighted by Crippen LogP contribution is -2.16. The number of aliphatic carboxylic acids is 1. The van der Waals surface area contributed by atoms with Gasteiger partial charge in [-0.1, -0.05) is 65.3 Å². The van der Waals surface area contributed by atoms with Crippen molar-refractivity contribution in [1.82, 2.24) is 10.1 Å². The Morgan fingerprint density at radius 2 is 1.80 bits per heavy atom. The molecule has 0 unspecified atom stereocenters. The third-order valence-corrected chi connectivity index (χ3v) is 5.64. The Labute approximate surface area is 206 Å². The van der Waals surface area contributed by atoms with E-state index in [-0.39, 0.29) is 13.0 Å². The van der Waals surface area contributed by atoms with E-state index in [1.165, 1.54) is 0 Å². The minimum Gasteiger partial charge on any atom is -0.481 e. The number of nitrogens with one attached hydrogen (secondary N) is 1. The average molecular weight is 492 g/mol. The highest BCUT2D eigenvalue weighted by molar-refractivity contribution is 6.31. The topological polar surface area (TPSA) is 115 Å². The van der Waals surface area contributed by atoms with Crippen LogP contribution in [-0.2, 0) is 22.4 Å². The van der Waals surface area contributed by atoms with Gasteiger partial charge in [-0.3, -0.25) is 15.1 Å². The van der Waals surface area contributed by atoms with Crippen LogP contribution in [0.1, 0.15) is 16.8 Å². The third kappa shape index (κ3) is 6.04. The van der Waals surface area contributed by atoms with Crippen LogP contribution in [0.4, 0.5) is 10.5 Å². The Balaban J connectivity index is 1.41. The summed E-state index contributed by atoms with van der Waals surface area (Å²) in [5, 5.41) is 16.2. The highest BCUT2D eigenvalue weighted by Gasteiger charge is 2.18. The van der Waals surface area contributed by atoms with Crippen LogP contribution in [0, 0.1) is 6.92 Å². The lowest BCUT2D eigenvalue weighted by Gasteiger charge is -2.09. The minimum absolute atomic E-state index is 0.0741. The first-order valence-corrected chi connectivity index (χ1v) is 11.2. The number of pyridine rings is 1. The maximum Gasteiger partial charge on any atom is 0.411 e. The van der Waals surface area contributed by atoms with E-state index in [1.54, 1.807) is 31.3 Å². The molecule has 178 valence electrons. The fourth-order valence-corrected chi connectivity index (χ4v) is 3.70. The molecule has 1 amide bonds. The van der Waals surface area contributed by atoms with Gasteiger partial charge >= 0.3 is 12.1 Å². The third-order valence-electron chi connectivity index (χ3n) is 5.28. The molecule has 4 aromatic rings. The summed E-state index contributed by atoms with van der Waals surface area (Å²) in [6, 6.07) is 18.3. The number of hydrogen-bond donors (Lipinski definition) is 2. The number of amides is 1. The minimum atomic E-state index is -0.903. The molecular formula is C26H22ClN3O5. The summed E-state index contributed by atoms with van der Waals surface area (Å²) in [5.41, 5.74) is 4.74. The molecule has 2 aromatic heterocycles. The molecule has 0 fully saturated rings. The number of carbonyl (C=O) groups is 2. The lowest BCUT2D eigenvalue weighted by molar-refractivity contribution is -0.136. The largest absolute Gasteiger partial charge is 0.481 e. The monoisotopic (exact) mass is 491 g/mol. The Morgan fingerprint density at radius 3 is 2.49 bits per heavy atom. The molecule has 9 heteroatoms. The molecule has 4 rings (SSSR count). The van der Waals surface area contributed by atoms with Crippen molar-refractivity contribution < 1.29 is 24.0 Å². The average Bonchev–Trinajstić information content (AvgIpc) is 3.20. The SMILES string of the molecule is Cc1noc(-c2ccc(-c3ccc(CC(=O)O)cn3)cc2)c1NC(=O)OCCc1ccccc1Cl. The number of ether oxygens (including phenoxy) is 1. The number of aryl methyl sites for hydroxylation is 1. The van der Waals surface area contributed by atoms with Crippen LogP contribution in [0.15, 0.2) is 71.4 Å². The van der Waals surface area contributed by atoms with Crippen molar-refractivity contribution in [2.45, 2.75) is 19.8 Å². The van der Waals surface area contributed by atoms with Gasteiger partial charge in [0.2, 0.25) is 0 Å². The Kier molecular flexibility index (Phi) is 7.42. The second kappa shape index (κ2) is 10.8. The first-order valence-electron chi connectivity index (χ1n) is 10.8. The van der Waals surface area contributed by atoms with Crippen LogP contribution in [0.25, 0.3) is 22.6 Å². The van der Waals surface area contributed by atoms with E-state index in [4.69, 9.17) is 26.0 Å². The molecule has 2 N–H and O–H groups in total. The summed E-state index contributed by atoms with van der Waals surface area (Å²) < 4.78 is 10.8. The molecule has 0 atom stereocenters. The molecule has 0 aliphatic carbocycles. The number of carbonyl (C=O) groups excluding carboxylic acids is 1. The molecule has 0 saturated heterocycles. The number of halogens is 1. The fraction of sp³-hybridized carbons (Fsp3) is 0.154. The Bertz CT molecular complexity index is 1330. The number of carboxylic acids is 1. The number of carboxylic acid groups (broad SMARTS) is 1. The van der Waals surface area contributed by atoms with Crippen molar-refractivity contribution in [3.05, 3.63) is 88.7 Å². The Morgan fingerprint density at radius 1 is 1.06 bits per heavy atom. The van der Waals surface area contributed by atoms with Gasteiger partial charge in [0, 0.05) is 28.8 Å². The van der Waals surface area contributed by atoms with Crippen molar-refractivity contribution in [1.29, 1.82) is 0 Å². The number of benzene rings is 2. The highest BCUT2D eigenvalue weighted by atomic mass is 35.5. The molecular weight excluding hydrogens is 470 g/mol. The molecule has 2 heterocycles.